The molecule has 7 heteroatoms. The van der Waals surface area contributed by atoms with E-state index in [9.17, 15) is 0 Å². The van der Waals surface area contributed by atoms with Crippen molar-refractivity contribution in [2.45, 2.75) is 29.7 Å². The highest BCUT2D eigenvalue weighted by Gasteiger charge is 2.43. The predicted molar refractivity (Wildman–Crippen MR) is 82.4 cm³/mol. The molecule has 0 aromatic carbocycles. The molecule has 0 heterocycles. The van der Waals surface area contributed by atoms with Crippen LogP contribution in [-0.4, -0.2) is 63.9 Å². The van der Waals surface area contributed by atoms with Crippen molar-refractivity contribution in [3.63, 3.8) is 0 Å². The molecule has 6 nitrogen and oxygen atoms in total. The maximum atomic E-state index is 5.41. The maximum absolute atomic E-state index is 5.41. The van der Waals surface area contributed by atoms with E-state index >= 15 is 0 Å². The van der Waals surface area contributed by atoms with Crippen LogP contribution in [0.5, 0.6) is 0 Å². The second-order valence-corrected chi connectivity index (χ2v) is 4.98. The average molecular weight is 305 g/mol. The molecule has 0 aromatic rings. The fraction of sp³-hybridized carbons (Fsp3) is 1.00. The third-order valence-corrected chi connectivity index (χ3v) is 3.75. The van der Waals surface area contributed by atoms with E-state index in [1.807, 2.05) is 0 Å². The molecule has 0 bridgehead atoms. The van der Waals surface area contributed by atoms with E-state index < -0.39 is 9.05 Å². The van der Waals surface area contributed by atoms with Gasteiger partial charge in [-0.3, -0.25) is 0 Å². The monoisotopic (exact) mass is 304 g/mol. The summed E-state index contributed by atoms with van der Waals surface area (Å²) in [7, 11) is 3.20. The van der Waals surface area contributed by atoms with Crippen molar-refractivity contribution in [1.82, 2.24) is 0 Å². The molecule has 19 heavy (non-hydrogen) atoms. The smallest absolute Gasteiger partial charge is 0.382 e. The van der Waals surface area contributed by atoms with Crippen LogP contribution < -0.4 is 0 Å². The first-order chi connectivity index (χ1) is 7.24. The van der Waals surface area contributed by atoms with Crippen LogP contribution in [0.3, 0.4) is 0 Å². The lowest BCUT2D eigenvalue weighted by Crippen LogP contribution is -2.48. The van der Waals surface area contributed by atoms with E-state index in [0.717, 1.165) is 0 Å². The van der Waals surface area contributed by atoms with E-state index in [4.69, 9.17) is 27.2 Å². The molecule has 0 saturated heterocycles. The standard InChI is InChI=1S/C8H20O6Si.4CH4/c1-9-5-7-13-15(11-3,12-4)14-8-6-10-2;;;;/h5-8H2,1-4H3;4*1H4. The van der Waals surface area contributed by atoms with Crippen LogP contribution in [0.4, 0.5) is 0 Å². The lowest BCUT2D eigenvalue weighted by atomic mass is 10.8. The van der Waals surface area contributed by atoms with E-state index in [2.05, 4.69) is 0 Å². The largest absolute Gasteiger partial charge is 0.679 e. The second kappa shape index (κ2) is 20.3. The molecule has 0 radical (unpaired) electrons. The first-order valence-electron chi connectivity index (χ1n) is 4.60. The second-order valence-electron chi connectivity index (χ2n) is 2.59. The summed E-state index contributed by atoms with van der Waals surface area (Å²) in [4.78, 5) is 0. The lowest BCUT2D eigenvalue weighted by Gasteiger charge is -2.24. The van der Waals surface area contributed by atoms with Crippen LogP contribution in [0.25, 0.3) is 0 Å². The summed E-state index contributed by atoms with van der Waals surface area (Å²) in [6.45, 7) is 1.68. The van der Waals surface area contributed by atoms with E-state index in [0.29, 0.717) is 26.4 Å². The molecule has 0 fully saturated rings. The van der Waals surface area contributed by atoms with Gasteiger partial charge >= 0.3 is 9.05 Å². The first kappa shape index (κ1) is 31.4. The Morgan fingerprint density at radius 1 is 0.579 bits per heavy atom. The molecule has 0 saturated carbocycles. The summed E-state index contributed by atoms with van der Waals surface area (Å²) in [6, 6.07) is 0. The Hall–Kier alpha value is -0.0231. The fourth-order valence-corrected chi connectivity index (χ4v) is 2.25. The third kappa shape index (κ3) is 14.2. The van der Waals surface area contributed by atoms with Gasteiger partial charge in [0.15, 0.2) is 0 Å². The van der Waals surface area contributed by atoms with Gasteiger partial charge in [0.1, 0.15) is 0 Å². The van der Waals surface area contributed by atoms with Gasteiger partial charge in [0.25, 0.3) is 0 Å². The molecule has 0 N–H and O–H groups in total. The molecule has 124 valence electrons. The molecule has 0 aliphatic heterocycles. The summed E-state index contributed by atoms with van der Waals surface area (Å²) in [5.41, 5.74) is 0. The minimum absolute atomic E-state index is 0. The fourth-order valence-electron chi connectivity index (χ4n) is 0.861. The van der Waals surface area contributed by atoms with Crippen molar-refractivity contribution in [3.05, 3.63) is 0 Å². The zero-order chi connectivity index (χ0) is 11.6. The first-order valence-corrected chi connectivity index (χ1v) is 6.24. The highest BCUT2D eigenvalue weighted by atomic mass is 28.4. The maximum Gasteiger partial charge on any atom is 0.679 e. The number of methoxy groups -OCH3 is 2. The Morgan fingerprint density at radius 2 is 0.895 bits per heavy atom. The van der Waals surface area contributed by atoms with Gasteiger partial charge in [0, 0.05) is 28.4 Å². The minimum Gasteiger partial charge on any atom is -0.382 e. The summed E-state index contributed by atoms with van der Waals surface area (Å²) in [6.07, 6.45) is 0. The molecule has 0 rings (SSSR count). The molecule has 0 unspecified atom stereocenters. The molecule has 0 aliphatic rings. The Balaban J connectivity index is -0.000000163. The summed E-state index contributed by atoms with van der Waals surface area (Å²) >= 11 is 0. The van der Waals surface area contributed by atoms with Gasteiger partial charge in [-0.1, -0.05) is 29.7 Å². The van der Waals surface area contributed by atoms with Crippen LogP contribution >= 0.6 is 0 Å². The van der Waals surface area contributed by atoms with Crippen LogP contribution in [0.1, 0.15) is 29.7 Å². The van der Waals surface area contributed by atoms with Gasteiger partial charge in [0.2, 0.25) is 0 Å². The van der Waals surface area contributed by atoms with Gasteiger partial charge in [0.05, 0.1) is 26.4 Å². The van der Waals surface area contributed by atoms with Crippen molar-refractivity contribution in [1.29, 1.82) is 0 Å². The van der Waals surface area contributed by atoms with Crippen molar-refractivity contribution in [3.8, 4) is 0 Å². The van der Waals surface area contributed by atoms with Gasteiger partial charge in [-0.05, 0) is 0 Å². The normalized spacial score (nSPS) is 9.47. The molecule has 0 spiro atoms. The number of hydrogen-bond donors (Lipinski definition) is 0. The zero-order valence-corrected chi connectivity index (χ0v) is 10.8. The van der Waals surface area contributed by atoms with E-state index in [-0.39, 0.29) is 29.7 Å². The minimum atomic E-state index is -2.98. The molecule has 0 aromatic heterocycles. The molecule has 0 atom stereocenters. The van der Waals surface area contributed by atoms with Gasteiger partial charge in [-0.25, -0.2) is 0 Å². The van der Waals surface area contributed by atoms with Crippen molar-refractivity contribution >= 4 is 9.05 Å². The van der Waals surface area contributed by atoms with Gasteiger partial charge in [-0.2, -0.15) is 0 Å². The Labute approximate surface area is 121 Å². The highest BCUT2D eigenvalue weighted by Crippen LogP contribution is 2.08. The Kier molecular flexibility index (Phi) is 33.5. The Bertz CT molecular complexity index is 132. The molecule has 0 aliphatic carbocycles. The molecular weight excluding hydrogens is 268 g/mol. The van der Waals surface area contributed by atoms with Gasteiger partial charge < -0.3 is 27.2 Å². The lowest BCUT2D eigenvalue weighted by molar-refractivity contribution is -0.0284. The Morgan fingerprint density at radius 3 is 1.11 bits per heavy atom. The SMILES string of the molecule is C.C.C.C.COCCO[Si](OC)(OC)OCCOC. The van der Waals surface area contributed by atoms with Crippen molar-refractivity contribution in [2.75, 3.05) is 54.9 Å². The molecular formula is C12H36O6Si. The number of rotatable bonds is 10. The van der Waals surface area contributed by atoms with Crippen molar-refractivity contribution < 1.29 is 27.2 Å². The van der Waals surface area contributed by atoms with E-state index in [1.54, 1.807) is 14.2 Å². The van der Waals surface area contributed by atoms with Crippen molar-refractivity contribution in [2.24, 2.45) is 0 Å². The summed E-state index contributed by atoms with van der Waals surface area (Å²) in [5, 5.41) is 0. The third-order valence-electron chi connectivity index (χ3n) is 1.63. The van der Waals surface area contributed by atoms with Crippen LogP contribution in [-0.2, 0) is 27.2 Å². The predicted octanol–water partition coefficient (Wildman–Crippen LogP) is 2.59. The van der Waals surface area contributed by atoms with E-state index in [1.165, 1.54) is 14.2 Å². The van der Waals surface area contributed by atoms with Crippen LogP contribution in [0.15, 0.2) is 0 Å². The zero-order valence-electron chi connectivity index (χ0n) is 9.78. The number of ether oxygens (including phenoxy) is 2. The summed E-state index contributed by atoms with van der Waals surface area (Å²) < 4.78 is 30.8. The van der Waals surface area contributed by atoms with Crippen LogP contribution in [0.2, 0.25) is 0 Å². The van der Waals surface area contributed by atoms with Crippen LogP contribution in [0, 0.1) is 0 Å². The average Bonchev–Trinajstić information content (AvgIpc) is 2.28. The highest BCUT2D eigenvalue weighted by molar-refractivity contribution is 6.53. The summed E-state index contributed by atoms with van der Waals surface area (Å²) in [5.74, 6) is 0. The number of hydrogen-bond acceptors (Lipinski definition) is 6. The van der Waals surface area contributed by atoms with Gasteiger partial charge in [-0.15, -0.1) is 0 Å². The quantitative estimate of drug-likeness (QED) is 0.457. The topological polar surface area (TPSA) is 55.4 Å². The molecule has 0 amide bonds.